The molecule has 1 aromatic carbocycles. The third kappa shape index (κ3) is 5.00. The van der Waals surface area contributed by atoms with E-state index >= 15 is 0 Å². The molecule has 0 spiro atoms. The van der Waals surface area contributed by atoms with Crippen molar-refractivity contribution in [2.45, 2.75) is 6.54 Å². The van der Waals surface area contributed by atoms with E-state index in [2.05, 4.69) is 42.4 Å². The van der Waals surface area contributed by atoms with Crippen LogP contribution in [0.2, 0.25) is 0 Å². The van der Waals surface area contributed by atoms with Gasteiger partial charge in [0, 0.05) is 51.2 Å². The Labute approximate surface area is 165 Å². The lowest BCUT2D eigenvalue weighted by atomic mass is 10.2. The molecule has 1 saturated heterocycles. The lowest BCUT2D eigenvalue weighted by Gasteiger charge is -2.37. The minimum Gasteiger partial charge on any atom is -0.497 e. The molecule has 1 aliphatic rings. The third-order valence-corrected chi connectivity index (χ3v) is 4.20. The van der Waals surface area contributed by atoms with Crippen LogP contribution >= 0.6 is 24.0 Å². The predicted molar refractivity (Wildman–Crippen MR) is 111 cm³/mol. The number of benzene rings is 1. The summed E-state index contributed by atoms with van der Waals surface area (Å²) in [6, 6.07) is 10.2. The number of aromatic nitrogens is 2. The zero-order valence-electron chi connectivity index (χ0n) is 14.6. The molecule has 2 aromatic rings. The van der Waals surface area contributed by atoms with Crippen molar-refractivity contribution in [2.75, 3.05) is 45.2 Å². The molecule has 0 saturated carbocycles. The summed E-state index contributed by atoms with van der Waals surface area (Å²) in [4.78, 5) is 9.06. The van der Waals surface area contributed by atoms with Gasteiger partial charge in [-0.1, -0.05) is 6.07 Å². The van der Waals surface area contributed by atoms with Gasteiger partial charge in [0.15, 0.2) is 5.96 Å². The Morgan fingerprint density at radius 2 is 2.08 bits per heavy atom. The van der Waals surface area contributed by atoms with E-state index in [1.807, 2.05) is 25.2 Å². The van der Waals surface area contributed by atoms with E-state index in [0.717, 1.165) is 43.6 Å². The highest BCUT2D eigenvalue weighted by atomic mass is 127. The van der Waals surface area contributed by atoms with E-state index in [1.54, 1.807) is 13.3 Å². The second kappa shape index (κ2) is 9.50. The van der Waals surface area contributed by atoms with Crippen LogP contribution in [-0.2, 0) is 6.54 Å². The molecule has 3 rings (SSSR count). The van der Waals surface area contributed by atoms with E-state index in [9.17, 15) is 0 Å². The largest absolute Gasteiger partial charge is 0.497 e. The number of piperazine rings is 1. The SMILES string of the molecule is CN=C(NCc1ccn[nH]1)N1CCN(c2cccc(OC)c2)CC1.I. The first-order valence-corrected chi connectivity index (χ1v) is 8.13. The van der Waals surface area contributed by atoms with Crippen LogP contribution in [0.1, 0.15) is 5.69 Å². The molecule has 1 aliphatic heterocycles. The molecule has 0 aliphatic carbocycles. The van der Waals surface area contributed by atoms with Crippen LogP contribution in [-0.4, -0.2) is 61.4 Å². The molecule has 136 valence electrons. The number of rotatable bonds is 4. The van der Waals surface area contributed by atoms with Crippen molar-refractivity contribution in [2.24, 2.45) is 4.99 Å². The van der Waals surface area contributed by atoms with Crippen LogP contribution < -0.4 is 15.0 Å². The van der Waals surface area contributed by atoms with Crippen molar-refractivity contribution < 1.29 is 4.74 Å². The van der Waals surface area contributed by atoms with E-state index in [1.165, 1.54) is 5.69 Å². The van der Waals surface area contributed by atoms with Gasteiger partial charge < -0.3 is 19.9 Å². The van der Waals surface area contributed by atoms with Crippen LogP contribution in [0.15, 0.2) is 41.5 Å². The van der Waals surface area contributed by atoms with Gasteiger partial charge in [-0.3, -0.25) is 10.1 Å². The van der Waals surface area contributed by atoms with Gasteiger partial charge in [0.2, 0.25) is 0 Å². The average Bonchev–Trinajstić information content (AvgIpc) is 3.16. The molecule has 0 atom stereocenters. The summed E-state index contributed by atoms with van der Waals surface area (Å²) in [5, 5.41) is 10.3. The van der Waals surface area contributed by atoms with Crippen molar-refractivity contribution in [3.63, 3.8) is 0 Å². The zero-order valence-corrected chi connectivity index (χ0v) is 16.9. The molecule has 2 N–H and O–H groups in total. The Morgan fingerprint density at radius 1 is 1.28 bits per heavy atom. The number of ether oxygens (including phenoxy) is 1. The Bertz CT molecular complexity index is 668. The molecular weight excluding hydrogens is 431 g/mol. The maximum Gasteiger partial charge on any atom is 0.194 e. The number of guanidine groups is 1. The molecule has 1 fully saturated rings. The smallest absolute Gasteiger partial charge is 0.194 e. The summed E-state index contributed by atoms with van der Waals surface area (Å²) < 4.78 is 5.32. The number of hydrogen-bond acceptors (Lipinski definition) is 4. The number of nitrogens with one attached hydrogen (secondary N) is 2. The summed E-state index contributed by atoms with van der Waals surface area (Å²) in [6.45, 7) is 4.47. The normalized spacial score (nSPS) is 14.9. The van der Waals surface area contributed by atoms with Crippen LogP contribution in [0.4, 0.5) is 5.69 Å². The Morgan fingerprint density at radius 3 is 2.72 bits per heavy atom. The van der Waals surface area contributed by atoms with Gasteiger partial charge in [-0.05, 0) is 18.2 Å². The van der Waals surface area contributed by atoms with Gasteiger partial charge in [-0.25, -0.2) is 0 Å². The molecule has 25 heavy (non-hydrogen) atoms. The first-order valence-electron chi connectivity index (χ1n) is 8.13. The second-order valence-corrected chi connectivity index (χ2v) is 5.66. The molecule has 0 unspecified atom stereocenters. The Balaban J connectivity index is 0.00000225. The number of halogens is 1. The summed E-state index contributed by atoms with van der Waals surface area (Å²) in [6.07, 6.45) is 1.76. The minimum atomic E-state index is 0. The van der Waals surface area contributed by atoms with Crippen LogP contribution in [0.5, 0.6) is 5.75 Å². The molecule has 0 bridgehead atoms. The first-order chi connectivity index (χ1) is 11.8. The molecular formula is C17H25IN6O. The van der Waals surface area contributed by atoms with Crippen molar-refractivity contribution >= 4 is 35.6 Å². The standard InChI is InChI=1S/C17H24N6O.HI/c1-18-17(19-13-14-6-7-20-21-14)23-10-8-22(9-11-23)15-4-3-5-16(12-15)24-2;/h3-7,12H,8-11,13H2,1-2H3,(H,18,19)(H,20,21);1H. The molecule has 0 radical (unpaired) electrons. The van der Waals surface area contributed by atoms with E-state index < -0.39 is 0 Å². The third-order valence-electron chi connectivity index (χ3n) is 4.20. The summed E-state index contributed by atoms with van der Waals surface area (Å²) >= 11 is 0. The van der Waals surface area contributed by atoms with Gasteiger partial charge >= 0.3 is 0 Å². The fourth-order valence-electron chi connectivity index (χ4n) is 2.87. The van der Waals surface area contributed by atoms with Gasteiger partial charge in [0.25, 0.3) is 0 Å². The first kappa shape index (κ1) is 19.4. The highest BCUT2D eigenvalue weighted by Crippen LogP contribution is 2.22. The van der Waals surface area contributed by atoms with Crippen LogP contribution in [0.3, 0.4) is 0 Å². The Hall–Kier alpha value is -1.97. The number of nitrogens with zero attached hydrogens (tertiary/aromatic N) is 4. The van der Waals surface area contributed by atoms with Crippen LogP contribution in [0, 0.1) is 0 Å². The molecule has 1 aromatic heterocycles. The van der Waals surface area contributed by atoms with E-state index in [0.29, 0.717) is 6.54 Å². The quantitative estimate of drug-likeness (QED) is 0.418. The highest BCUT2D eigenvalue weighted by molar-refractivity contribution is 14.0. The van der Waals surface area contributed by atoms with Crippen LogP contribution in [0.25, 0.3) is 0 Å². The molecule has 2 heterocycles. The fourth-order valence-corrected chi connectivity index (χ4v) is 2.87. The van der Waals surface area contributed by atoms with Gasteiger partial charge in [0.05, 0.1) is 19.3 Å². The highest BCUT2D eigenvalue weighted by Gasteiger charge is 2.20. The van der Waals surface area contributed by atoms with Crippen molar-refractivity contribution in [3.05, 3.63) is 42.2 Å². The fraction of sp³-hybridized carbons (Fsp3) is 0.412. The maximum absolute atomic E-state index is 5.32. The lowest BCUT2D eigenvalue weighted by molar-refractivity contribution is 0.371. The topological polar surface area (TPSA) is 68.8 Å². The lowest BCUT2D eigenvalue weighted by Crippen LogP contribution is -2.52. The number of aliphatic imine (C=N–C) groups is 1. The molecule has 8 heteroatoms. The predicted octanol–water partition coefficient (Wildman–Crippen LogP) is 1.93. The van der Waals surface area contributed by atoms with E-state index in [4.69, 9.17) is 4.74 Å². The Kier molecular flexibility index (Phi) is 7.35. The average molecular weight is 456 g/mol. The maximum atomic E-state index is 5.32. The van der Waals surface area contributed by atoms with Crippen molar-refractivity contribution in [3.8, 4) is 5.75 Å². The summed E-state index contributed by atoms with van der Waals surface area (Å²) in [5.41, 5.74) is 2.25. The number of aromatic amines is 1. The van der Waals surface area contributed by atoms with Gasteiger partial charge in [0.1, 0.15) is 5.75 Å². The van der Waals surface area contributed by atoms with Crippen molar-refractivity contribution in [1.29, 1.82) is 0 Å². The van der Waals surface area contributed by atoms with Crippen molar-refractivity contribution in [1.82, 2.24) is 20.4 Å². The van der Waals surface area contributed by atoms with Gasteiger partial charge in [-0.2, -0.15) is 5.10 Å². The summed E-state index contributed by atoms with van der Waals surface area (Å²) in [5.74, 6) is 1.82. The number of methoxy groups -OCH3 is 1. The van der Waals surface area contributed by atoms with Gasteiger partial charge in [-0.15, -0.1) is 24.0 Å². The number of H-pyrrole nitrogens is 1. The molecule has 7 nitrogen and oxygen atoms in total. The summed E-state index contributed by atoms with van der Waals surface area (Å²) in [7, 11) is 3.52. The van der Waals surface area contributed by atoms with E-state index in [-0.39, 0.29) is 24.0 Å². The number of anilines is 1. The monoisotopic (exact) mass is 456 g/mol. The second-order valence-electron chi connectivity index (χ2n) is 5.66. The minimum absolute atomic E-state index is 0. The zero-order chi connectivity index (χ0) is 16.8. The molecule has 0 amide bonds. The number of hydrogen-bond donors (Lipinski definition) is 2.